The molecule has 3 N–H and O–H groups in total. The molecule has 0 aliphatic heterocycles. The van der Waals surface area contributed by atoms with Crippen LogP contribution in [0.3, 0.4) is 0 Å². The third-order valence-electron chi connectivity index (χ3n) is 4.90. The van der Waals surface area contributed by atoms with Gasteiger partial charge in [0.25, 0.3) is 0 Å². The van der Waals surface area contributed by atoms with Crippen LogP contribution in [0, 0.1) is 11.3 Å². The molecular weight excluding hydrogens is 186 g/mol. The summed E-state index contributed by atoms with van der Waals surface area (Å²) in [5.74, 6) is 0.527. The van der Waals surface area contributed by atoms with E-state index in [9.17, 15) is 5.11 Å². The number of nitrogens with two attached hydrogens (primary N) is 1. The molecule has 2 heteroatoms. The van der Waals surface area contributed by atoms with E-state index in [0.717, 1.165) is 12.8 Å². The summed E-state index contributed by atoms with van der Waals surface area (Å²) in [5.41, 5.74) is 5.51. The van der Waals surface area contributed by atoms with Gasteiger partial charge in [0.15, 0.2) is 0 Å². The Labute approximate surface area is 93.2 Å². The summed E-state index contributed by atoms with van der Waals surface area (Å²) < 4.78 is 0. The monoisotopic (exact) mass is 211 g/mol. The van der Waals surface area contributed by atoms with Crippen molar-refractivity contribution in [2.45, 2.75) is 63.9 Å². The highest BCUT2D eigenvalue weighted by Gasteiger charge is 2.53. The first kappa shape index (κ1) is 11.4. The van der Waals surface area contributed by atoms with Gasteiger partial charge in [0.1, 0.15) is 0 Å². The standard InChI is InChI=1S/C13H25NO/c1-12(15,11-6-7-11)13(10-14)8-4-2-3-5-9-13/h11,15H,2-10,14H2,1H3. The second-order valence-corrected chi connectivity index (χ2v) is 5.82. The molecule has 0 bridgehead atoms. The molecule has 2 aliphatic rings. The van der Waals surface area contributed by atoms with Gasteiger partial charge in [0.05, 0.1) is 5.60 Å². The molecule has 2 aliphatic carbocycles. The molecule has 0 aromatic carbocycles. The highest BCUT2D eigenvalue weighted by molar-refractivity contribution is 5.05. The number of hydrogen-bond donors (Lipinski definition) is 2. The lowest BCUT2D eigenvalue weighted by Crippen LogP contribution is -2.52. The Kier molecular flexibility index (Phi) is 3.09. The minimum absolute atomic E-state index is 0.0185. The molecule has 0 heterocycles. The van der Waals surface area contributed by atoms with Crippen LogP contribution in [-0.2, 0) is 0 Å². The van der Waals surface area contributed by atoms with E-state index in [1.54, 1.807) is 0 Å². The van der Waals surface area contributed by atoms with Gasteiger partial charge in [-0.1, -0.05) is 25.7 Å². The molecule has 2 nitrogen and oxygen atoms in total. The van der Waals surface area contributed by atoms with E-state index >= 15 is 0 Å². The molecule has 88 valence electrons. The lowest BCUT2D eigenvalue weighted by atomic mass is 9.65. The van der Waals surface area contributed by atoms with Gasteiger partial charge in [0, 0.05) is 12.0 Å². The van der Waals surface area contributed by atoms with Crippen LogP contribution < -0.4 is 5.73 Å². The molecule has 0 saturated heterocycles. The summed E-state index contributed by atoms with van der Waals surface area (Å²) in [7, 11) is 0. The summed E-state index contributed by atoms with van der Waals surface area (Å²) in [6, 6.07) is 0. The average Bonchev–Trinajstić information content (AvgIpc) is 3.05. The second-order valence-electron chi connectivity index (χ2n) is 5.82. The summed E-state index contributed by atoms with van der Waals surface area (Å²) in [4.78, 5) is 0. The molecule has 0 aromatic heterocycles. The molecular formula is C13H25NO. The van der Waals surface area contributed by atoms with Crippen LogP contribution in [0.1, 0.15) is 58.3 Å². The normalized spacial score (nSPS) is 30.6. The molecule has 0 amide bonds. The fraction of sp³-hybridized carbons (Fsp3) is 1.00. The third-order valence-corrected chi connectivity index (χ3v) is 4.90. The van der Waals surface area contributed by atoms with Crippen molar-refractivity contribution in [2.75, 3.05) is 6.54 Å². The maximum atomic E-state index is 10.8. The SMILES string of the molecule is CC(O)(C1CC1)C1(CN)CCCCCC1. The van der Waals surface area contributed by atoms with Crippen molar-refractivity contribution in [1.82, 2.24) is 0 Å². The lowest BCUT2D eigenvalue weighted by Gasteiger charge is -2.45. The van der Waals surface area contributed by atoms with E-state index in [0.29, 0.717) is 12.5 Å². The molecule has 1 unspecified atom stereocenters. The van der Waals surface area contributed by atoms with Crippen LogP contribution in [0.4, 0.5) is 0 Å². The van der Waals surface area contributed by atoms with Crippen molar-refractivity contribution in [2.24, 2.45) is 17.1 Å². The van der Waals surface area contributed by atoms with Crippen molar-refractivity contribution in [3.8, 4) is 0 Å². The fourth-order valence-corrected chi connectivity index (χ4v) is 3.40. The quantitative estimate of drug-likeness (QED) is 0.704. The Morgan fingerprint density at radius 2 is 1.73 bits per heavy atom. The predicted molar refractivity (Wildman–Crippen MR) is 62.5 cm³/mol. The molecule has 2 saturated carbocycles. The fourth-order valence-electron chi connectivity index (χ4n) is 3.40. The highest BCUT2D eigenvalue weighted by Crippen LogP contribution is 2.53. The largest absolute Gasteiger partial charge is 0.389 e. The summed E-state index contributed by atoms with van der Waals surface area (Å²) in [5, 5.41) is 10.8. The molecule has 2 rings (SSSR count). The zero-order chi connectivity index (χ0) is 10.9. The van der Waals surface area contributed by atoms with Gasteiger partial charge in [-0.15, -0.1) is 0 Å². The second kappa shape index (κ2) is 4.06. The summed E-state index contributed by atoms with van der Waals surface area (Å²) in [6.07, 6.45) is 9.81. The smallest absolute Gasteiger partial charge is 0.0715 e. The third kappa shape index (κ3) is 1.94. The molecule has 0 spiro atoms. The first-order chi connectivity index (χ1) is 7.12. The number of hydrogen-bond acceptors (Lipinski definition) is 2. The van der Waals surface area contributed by atoms with E-state index < -0.39 is 5.60 Å². The van der Waals surface area contributed by atoms with Gasteiger partial charge in [-0.25, -0.2) is 0 Å². The zero-order valence-corrected chi connectivity index (χ0v) is 9.97. The van der Waals surface area contributed by atoms with Crippen molar-refractivity contribution in [3.63, 3.8) is 0 Å². The maximum absolute atomic E-state index is 10.8. The first-order valence-electron chi connectivity index (χ1n) is 6.55. The maximum Gasteiger partial charge on any atom is 0.0715 e. The number of aliphatic hydroxyl groups is 1. The minimum atomic E-state index is -0.508. The summed E-state index contributed by atoms with van der Waals surface area (Å²) in [6.45, 7) is 2.71. The van der Waals surface area contributed by atoms with Crippen LogP contribution in [0.15, 0.2) is 0 Å². The van der Waals surface area contributed by atoms with Crippen LogP contribution in [0.5, 0.6) is 0 Å². The van der Waals surface area contributed by atoms with Gasteiger partial charge >= 0.3 is 0 Å². The van der Waals surface area contributed by atoms with E-state index in [4.69, 9.17) is 5.73 Å². The van der Waals surface area contributed by atoms with Gasteiger partial charge in [-0.2, -0.15) is 0 Å². The molecule has 0 aromatic rings. The van der Waals surface area contributed by atoms with Gasteiger partial charge in [-0.05, 0) is 38.5 Å². The molecule has 0 radical (unpaired) electrons. The highest BCUT2D eigenvalue weighted by atomic mass is 16.3. The lowest BCUT2D eigenvalue weighted by molar-refractivity contribution is -0.0919. The van der Waals surface area contributed by atoms with E-state index in [2.05, 4.69) is 0 Å². The predicted octanol–water partition coefficient (Wildman–Crippen LogP) is 2.45. The van der Waals surface area contributed by atoms with E-state index in [1.807, 2.05) is 6.92 Å². The van der Waals surface area contributed by atoms with Crippen molar-refractivity contribution in [1.29, 1.82) is 0 Å². The van der Waals surface area contributed by atoms with Gasteiger partial charge in [0.2, 0.25) is 0 Å². The van der Waals surface area contributed by atoms with Crippen LogP contribution in [0.2, 0.25) is 0 Å². The van der Waals surface area contributed by atoms with E-state index in [1.165, 1.54) is 38.5 Å². The minimum Gasteiger partial charge on any atom is -0.389 e. The Morgan fingerprint density at radius 3 is 2.13 bits per heavy atom. The van der Waals surface area contributed by atoms with Crippen LogP contribution >= 0.6 is 0 Å². The molecule has 2 fully saturated rings. The number of rotatable bonds is 3. The van der Waals surface area contributed by atoms with E-state index in [-0.39, 0.29) is 5.41 Å². The summed E-state index contributed by atoms with van der Waals surface area (Å²) >= 11 is 0. The first-order valence-corrected chi connectivity index (χ1v) is 6.55. The van der Waals surface area contributed by atoms with Gasteiger partial charge in [-0.3, -0.25) is 0 Å². The van der Waals surface area contributed by atoms with Crippen molar-refractivity contribution in [3.05, 3.63) is 0 Å². The Morgan fingerprint density at radius 1 is 1.20 bits per heavy atom. The zero-order valence-electron chi connectivity index (χ0n) is 9.97. The molecule has 15 heavy (non-hydrogen) atoms. The average molecular weight is 211 g/mol. The van der Waals surface area contributed by atoms with Gasteiger partial charge < -0.3 is 10.8 Å². The molecule has 1 atom stereocenters. The van der Waals surface area contributed by atoms with Crippen LogP contribution in [-0.4, -0.2) is 17.3 Å². The Balaban J connectivity index is 2.17. The Bertz CT molecular complexity index is 213. The van der Waals surface area contributed by atoms with Crippen molar-refractivity contribution < 1.29 is 5.11 Å². The topological polar surface area (TPSA) is 46.2 Å². The van der Waals surface area contributed by atoms with Crippen LogP contribution in [0.25, 0.3) is 0 Å². The Hall–Kier alpha value is -0.0800. The van der Waals surface area contributed by atoms with Crippen molar-refractivity contribution >= 4 is 0 Å².